The van der Waals surface area contributed by atoms with Crippen LogP contribution in [0.2, 0.25) is 0 Å². The van der Waals surface area contributed by atoms with Gasteiger partial charge in [0.2, 0.25) is 5.91 Å². The van der Waals surface area contributed by atoms with E-state index >= 15 is 0 Å². The molecule has 2 nitrogen and oxygen atoms in total. The van der Waals surface area contributed by atoms with Crippen molar-refractivity contribution in [3.05, 3.63) is 35.4 Å². The van der Waals surface area contributed by atoms with Crippen LogP contribution < -0.4 is 0 Å². The Morgan fingerprint density at radius 2 is 1.84 bits per heavy atom. The Morgan fingerprint density at radius 1 is 1.21 bits per heavy atom. The maximum absolute atomic E-state index is 12.2. The zero-order chi connectivity index (χ0) is 14.2. The Labute approximate surface area is 116 Å². The minimum absolute atomic E-state index is 0.109. The molecule has 0 bridgehead atoms. The topological polar surface area (TPSA) is 20.3 Å². The molecule has 1 fully saturated rings. The van der Waals surface area contributed by atoms with E-state index in [1.165, 1.54) is 11.1 Å². The maximum Gasteiger partial charge on any atom is 0.223 e. The summed E-state index contributed by atoms with van der Waals surface area (Å²) in [5, 5.41) is 0. The number of rotatable bonds is 2. The fourth-order valence-electron chi connectivity index (χ4n) is 3.16. The largest absolute Gasteiger partial charge is 0.331 e. The number of nitrogens with zero attached hydrogens (tertiary/aromatic N) is 1. The van der Waals surface area contributed by atoms with Crippen molar-refractivity contribution in [2.75, 3.05) is 0 Å². The molecule has 0 aromatic heterocycles. The molecule has 1 saturated heterocycles. The Balaban J connectivity index is 2.44. The Kier molecular flexibility index (Phi) is 3.71. The maximum atomic E-state index is 12.2. The summed E-state index contributed by atoms with van der Waals surface area (Å²) in [7, 11) is 0. The van der Waals surface area contributed by atoms with Crippen molar-refractivity contribution in [2.24, 2.45) is 0 Å². The highest BCUT2D eigenvalue weighted by atomic mass is 16.2. The van der Waals surface area contributed by atoms with Crippen molar-refractivity contribution >= 4 is 5.91 Å². The van der Waals surface area contributed by atoms with E-state index in [-0.39, 0.29) is 17.5 Å². The van der Waals surface area contributed by atoms with Gasteiger partial charge in [0.1, 0.15) is 0 Å². The lowest BCUT2D eigenvalue weighted by molar-refractivity contribution is -0.133. The summed E-state index contributed by atoms with van der Waals surface area (Å²) in [6, 6.07) is 8.81. The van der Waals surface area contributed by atoms with Gasteiger partial charge in [-0.15, -0.1) is 0 Å². The van der Waals surface area contributed by atoms with Crippen molar-refractivity contribution in [3.8, 4) is 0 Å². The molecule has 1 aliphatic heterocycles. The first-order valence-electron chi connectivity index (χ1n) is 7.23. The highest BCUT2D eigenvalue weighted by Gasteiger charge is 2.39. The number of likely N-dealkylation sites (tertiary alicyclic amines) is 1. The number of hydrogen-bond acceptors (Lipinski definition) is 1. The van der Waals surface area contributed by atoms with Crippen LogP contribution in [0.3, 0.4) is 0 Å². The molecule has 19 heavy (non-hydrogen) atoms. The average molecular weight is 259 g/mol. The van der Waals surface area contributed by atoms with Crippen LogP contribution in [-0.4, -0.2) is 16.3 Å². The molecular weight excluding hydrogens is 234 g/mol. The van der Waals surface area contributed by atoms with Gasteiger partial charge in [-0.05, 0) is 44.2 Å². The van der Waals surface area contributed by atoms with Gasteiger partial charge in [-0.1, -0.05) is 38.1 Å². The van der Waals surface area contributed by atoms with Crippen molar-refractivity contribution in [1.82, 2.24) is 4.90 Å². The molecule has 1 amide bonds. The van der Waals surface area contributed by atoms with Crippen LogP contribution in [0.15, 0.2) is 24.3 Å². The zero-order valence-corrected chi connectivity index (χ0v) is 12.7. The van der Waals surface area contributed by atoms with Gasteiger partial charge in [-0.25, -0.2) is 0 Å². The smallest absolute Gasteiger partial charge is 0.223 e. The monoisotopic (exact) mass is 259 g/mol. The number of benzene rings is 1. The standard InChI is InChI=1S/C17H25NO/c1-12(2)13-8-6-7-9-14(13)15-10-11-16(19)18(15)17(3,4)5/h6-9,12,15H,10-11H2,1-5H3. The first-order valence-corrected chi connectivity index (χ1v) is 7.23. The van der Waals surface area contributed by atoms with E-state index in [0.717, 1.165) is 6.42 Å². The molecule has 1 atom stereocenters. The van der Waals surface area contributed by atoms with Crippen LogP contribution in [0.1, 0.15) is 70.5 Å². The number of amides is 1. The molecule has 2 heteroatoms. The minimum atomic E-state index is -0.109. The van der Waals surface area contributed by atoms with E-state index in [4.69, 9.17) is 0 Å². The number of hydrogen-bond donors (Lipinski definition) is 0. The third kappa shape index (κ3) is 2.68. The second kappa shape index (κ2) is 4.99. The third-order valence-electron chi connectivity index (χ3n) is 3.91. The van der Waals surface area contributed by atoms with Gasteiger partial charge in [-0.2, -0.15) is 0 Å². The van der Waals surface area contributed by atoms with E-state index in [0.29, 0.717) is 12.3 Å². The second-order valence-electron chi connectivity index (χ2n) is 6.77. The quantitative estimate of drug-likeness (QED) is 0.776. The minimum Gasteiger partial charge on any atom is -0.331 e. The van der Waals surface area contributed by atoms with Crippen molar-refractivity contribution in [3.63, 3.8) is 0 Å². The van der Waals surface area contributed by atoms with E-state index in [2.05, 4.69) is 63.8 Å². The molecule has 104 valence electrons. The van der Waals surface area contributed by atoms with Crippen LogP contribution in [0.4, 0.5) is 0 Å². The second-order valence-corrected chi connectivity index (χ2v) is 6.77. The lowest BCUT2D eigenvalue weighted by Crippen LogP contribution is -2.43. The lowest BCUT2D eigenvalue weighted by atomic mass is 9.90. The summed E-state index contributed by atoms with van der Waals surface area (Å²) < 4.78 is 0. The molecule has 0 N–H and O–H groups in total. The number of carbonyl (C=O) groups is 1. The Morgan fingerprint density at radius 3 is 2.42 bits per heavy atom. The van der Waals surface area contributed by atoms with Gasteiger partial charge in [-0.3, -0.25) is 4.79 Å². The van der Waals surface area contributed by atoms with Crippen molar-refractivity contribution in [2.45, 2.75) is 65.0 Å². The molecule has 1 aromatic carbocycles. The molecule has 1 aromatic rings. The van der Waals surface area contributed by atoms with Crippen molar-refractivity contribution < 1.29 is 4.79 Å². The molecule has 1 unspecified atom stereocenters. The van der Waals surface area contributed by atoms with E-state index in [1.807, 2.05) is 0 Å². The lowest BCUT2D eigenvalue weighted by Gasteiger charge is -2.38. The molecule has 2 rings (SSSR count). The summed E-state index contributed by atoms with van der Waals surface area (Å²) in [4.78, 5) is 14.3. The van der Waals surface area contributed by atoms with Crippen LogP contribution >= 0.6 is 0 Å². The molecule has 0 saturated carbocycles. The van der Waals surface area contributed by atoms with Crippen LogP contribution in [0, 0.1) is 0 Å². The first kappa shape index (κ1) is 14.1. The molecular formula is C17H25NO. The Hall–Kier alpha value is -1.31. The van der Waals surface area contributed by atoms with Crippen LogP contribution in [-0.2, 0) is 4.79 Å². The van der Waals surface area contributed by atoms with Gasteiger partial charge in [0.15, 0.2) is 0 Å². The highest BCUT2D eigenvalue weighted by molar-refractivity contribution is 5.80. The van der Waals surface area contributed by atoms with E-state index < -0.39 is 0 Å². The van der Waals surface area contributed by atoms with Gasteiger partial charge in [0, 0.05) is 12.0 Å². The molecule has 1 heterocycles. The molecule has 0 aliphatic carbocycles. The van der Waals surface area contributed by atoms with E-state index in [9.17, 15) is 4.79 Å². The predicted molar refractivity (Wildman–Crippen MR) is 79.1 cm³/mol. The summed E-state index contributed by atoms with van der Waals surface area (Å²) >= 11 is 0. The molecule has 0 spiro atoms. The van der Waals surface area contributed by atoms with E-state index in [1.54, 1.807) is 0 Å². The summed E-state index contributed by atoms with van der Waals surface area (Å²) in [5.74, 6) is 0.782. The molecule has 1 aliphatic rings. The summed E-state index contributed by atoms with van der Waals surface area (Å²) in [5.41, 5.74) is 2.59. The Bertz CT molecular complexity index is 470. The zero-order valence-electron chi connectivity index (χ0n) is 12.7. The summed E-state index contributed by atoms with van der Waals surface area (Å²) in [6.07, 6.45) is 1.62. The highest BCUT2D eigenvalue weighted by Crippen LogP contribution is 2.40. The van der Waals surface area contributed by atoms with Gasteiger partial charge < -0.3 is 4.90 Å². The van der Waals surface area contributed by atoms with Gasteiger partial charge in [0.05, 0.1) is 6.04 Å². The average Bonchev–Trinajstić information content (AvgIpc) is 2.70. The van der Waals surface area contributed by atoms with Crippen molar-refractivity contribution in [1.29, 1.82) is 0 Å². The third-order valence-corrected chi connectivity index (χ3v) is 3.91. The SMILES string of the molecule is CC(C)c1ccccc1C1CCC(=O)N1C(C)(C)C. The van der Waals surface area contributed by atoms with Gasteiger partial charge >= 0.3 is 0 Å². The molecule has 0 radical (unpaired) electrons. The fourth-order valence-corrected chi connectivity index (χ4v) is 3.16. The van der Waals surface area contributed by atoms with Crippen LogP contribution in [0.5, 0.6) is 0 Å². The fraction of sp³-hybridized carbons (Fsp3) is 0.588. The van der Waals surface area contributed by atoms with Crippen LogP contribution in [0.25, 0.3) is 0 Å². The summed E-state index contributed by atoms with van der Waals surface area (Å²) in [6.45, 7) is 10.8. The first-order chi connectivity index (χ1) is 8.82. The predicted octanol–water partition coefficient (Wildman–Crippen LogP) is 4.27. The number of carbonyl (C=O) groups excluding carboxylic acids is 1. The normalized spacial score (nSPS) is 20.4. The van der Waals surface area contributed by atoms with Gasteiger partial charge in [0.25, 0.3) is 0 Å².